The summed E-state index contributed by atoms with van der Waals surface area (Å²) in [4.78, 5) is 45.4. The van der Waals surface area contributed by atoms with Gasteiger partial charge in [-0.3, -0.25) is 9.97 Å². The Bertz CT molecular complexity index is 1060. The maximum Gasteiger partial charge on any atom is 0.337 e. The topological polar surface area (TPSA) is 109 Å². The minimum Gasteiger partial charge on any atom is -0.456 e. The molecule has 4 heterocycles. The molecule has 9 nitrogen and oxygen atoms in total. The van der Waals surface area contributed by atoms with Crippen molar-refractivity contribution in [3.05, 3.63) is 94.6 Å². The van der Waals surface area contributed by atoms with E-state index in [1.807, 2.05) is 12.1 Å². The summed E-state index contributed by atoms with van der Waals surface area (Å²) in [6.07, 6.45) is 5.62. The van der Waals surface area contributed by atoms with Crippen molar-refractivity contribution in [3.63, 3.8) is 0 Å². The lowest BCUT2D eigenvalue weighted by molar-refractivity contribution is -0.273. The fourth-order valence-electron chi connectivity index (χ4n) is 3.78. The van der Waals surface area contributed by atoms with Crippen LogP contribution in [0.4, 0.5) is 0 Å². The van der Waals surface area contributed by atoms with Gasteiger partial charge in [0.05, 0.1) is 35.1 Å². The van der Waals surface area contributed by atoms with Crippen LogP contribution in [0, 0.1) is 5.92 Å². The molecular formula is C25H25N3O6. The van der Waals surface area contributed by atoms with Gasteiger partial charge in [-0.15, -0.1) is 0 Å². The Hall–Kier alpha value is -3.98. The molecule has 2 aliphatic heterocycles. The minimum absolute atomic E-state index is 0.0122. The number of ether oxygens (including phenoxy) is 2. The Balaban J connectivity index is 1.60. The number of pyridine rings is 2. The molecule has 9 heteroatoms. The molecule has 2 aromatic heterocycles. The van der Waals surface area contributed by atoms with Gasteiger partial charge in [-0.1, -0.05) is 12.1 Å². The lowest BCUT2D eigenvalue weighted by Gasteiger charge is -2.31. The SMILES string of the molecule is CC1=C(C(=O)OCc2ccccn2)C(C2=CCCOO2)C(C(=O)OCc2ccccn2)=C(C)N1. The smallest absolute Gasteiger partial charge is 0.337 e. The van der Waals surface area contributed by atoms with E-state index in [2.05, 4.69) is 15.3 Å². The average molecular weight is 463 g/mol. The lowest BCUT2D eigenvalue weighted by atomic mass is 9.83. The summed E-state index contributed by atoms with van der Waals surface area (Å²) in [6.45, 7) is 3.84. The largest absolute Gasteiger partial charge is 0.456 e. The Morgan fingerprint density at radius 2 is 1.50 bits per heavy atom. The first-order valence-corrected chi connectivity index (χ1v) is 10.9. The molecule has 2 aliphatic rings. The molecule has 0 fully saturated rings. The molecule has 0 bridgehead atoms. The Labute approximate surface area is 197 Å². The predicted octanol–water partition coefficient (Wildman–Crippen LogP) is 3.27. The van der Waals surface area contributed by atoms with Crippen molar-refractivity contribution in [2.75, 3.05) is 6.61 Å². The van der Waals surface area contributed by atoms with E-state index in [9.17, 15) is 9.59 Å². The van der Waals surface area contributed by atoms with Gasteiger partial charge >= 0.3 is 11.9 Å². The molecule has 2 aromatic rings. The summed E-state index contributed by atoms with van der Waals surface area (Å²) in [7, 11) is 0. The normalized spacial score (nSPS) is 16.4. The highest BCUT2D eigenvalue weighted by atomic mass is 17.2. The van der Waals surface area contributed by atoms with E-state index in [0.29, 0.717) is 41.6 Å². The zero-order valence-corrected chi connectivity index (χ0v) is 18.9. The Kier molecular flexibility index (Phi) is 7.34. The van der Waals surface area contributed by atoms with E-state index < -0.39 is 17.9 Å². The summed E-state index contributed by atoms with van der Waals surface area (Å²) in [6, 6.07) is 10.7. The van der Waals surface area contributed by atoms with Gasteiger partial charge in [0.25, 0.3) is 0 Å². The molecular weight excluding hydrogens is 438 g/mol. The molecule has 0 radical (unpaired) electrons. The molecule has 0 unspecified atom stereocenters. The van der Waals surface area contributed by atoms with Gasteiger partial charge in [-0.05, 0) is 50.6 Å². The highest BCUT2D eigenvalue weighted by Gasteiger charge is 2.41. The van der Waals surface area contributed by atoms with Crippen molar-refractivity contribution in [2.24, 2.45) is 5.92 Å². The molecule has 0 saturated carbocycles. The first-order chi connectivity index (χ1) is 16.5. The summed E-state index contributed by atoms with van der Waals surface area (Å²) < 4.78 is 11.1. The summed E-state index contributed by atoms with van der Waals surface area (Å²) in [5.41, 5.74) is 2.78. The van der Waals surface area contributed by atoms with Crippen molar-refractivity contribution in [1.82, 2.24) is 15.3 Å². The van der Waals surface area contributed by atoms with Gasteiger partial charge in [-0.2, -0.15) is 4.89 Å². The first-order valence-electron chi connectivity index (χ1n) is 10.9. The molecule has 0 aliphatic carbocycles. The highest BCUT2D eigenvalue weighted by Crippen LogP contribution is 2.38. The summed E-state index contributed by atoms with van der Waals surface area (Å²) in [5.74, 6) is -1.72. The van der Waals surface area contributed by atoms with Gasteiger partial charge in [0.1, 0.15) is 13.2 Å². The van der Waals surface area contributed by atoms with Gasteiger partial charge in [-0.25, -0.2) is 9.59 Å². The minimum atomic E-state index is -0.853. The number of esters is 2. The number of nitrogens with one attached hydrogen (secondary N) is 1. The number of hydrogen-bond acceptors (Lipinski definition) is 9. The third-order valence-electron chi connectivity index (χ3n) is 5.34. The third kappa shape index (κ3) is 5.32. The summed E-state index contributed by atoms with van der Waals surface area (Å²) >= 11 is 0. The zero-order chi connectivity index (χ0) is 23.9. The zero-order valence-electron chi connectivity index (χ0n) is 18.9. The van der Waals surface area contributed by atoms with Crippen LogP contribution in [-0.4, -0.2) is 28.5 Å². The number of carbonyl (C=O) groups is 2. The molecule has 176 valence electrons. The first kappa shape index (κ1) is 23.2. The quantitative estimate of drug-likeness (QED) is 0.489. The average Bonchev–Trinajstić information content (AvgIpc) is 2.87. The van der Waals surface area contributed by atoms with Crippen LogP contribution in [0.15, 0.2) is 83.2 Å². The molecule has 4 rings (SSSR count). The second-order valence-electron chi connectivity index (χ2n) is 7.73. The maximum atomic E-state index is 13.2. The fraction of sp³-hybridized carbons (Fsp3) is 0.280. The number of dihydropyridines is 1. The van der Waals surface area contributed by atoms with E-state index in [1.54, 1.807) is 56.6 Å². The van der Waals surface area contributed by atoms with Crippen LogP contribution in [0.1, 0.15) is 31.7 Å². The second kappa shape index (κ2) is 10.8. The van der Waals surface area contributed by atoms with Crippen molar-refractivity contribution in [3.8, 4) is 0 Å². The van der Waals surface area contributed by atoms with E-state index in [0.717, 1.165) is 0 Å². The van der Waals surface area contributed by atoms with Crippen LogP contribution in [0.2, 0.25) is 0 Å². The fourth-order valence-corrected chi connectivity index (χ4v) is 3.78. The van der Waals surface area contributed by atoms with Crippen molar-refractivity contribution in [1.29, 1.82) is 0 Å². The van der Waals surface area contributed by atoms with E-state index in [4.69, 9.17) is 19.2 Å². The Morgan fingerprint density at radius 3 is 1.94 bits per heavy atom. The van der Waals surface area contributed by atoms with E-state index >= 15 is 0 Å². The molecule has 0 spiro atoms. The lowest BCUT2D eigenvalue weighted by Crippen LogP contribution is -2.35. The van der Waals surface area contributed by atoms with Crippen molar-refractivity contribution in [2.45, 2.75) is 33.5 Å². The van der Waals surface area contributed by atoms with Gasteiger partial charge in [0.15, 0.2) is 5.76 Å². The number of allylic oxidation sites excluding steroid dienone is 3. The van der Waals surface area contributed by atoms with Crippen LogP contribution >= 0.6 is 0 Å². The van der Waals surface area contributed by atoms with Crippen molar-refractivity contribution >= 4 is 11.9 Å². The van der Waals surface area contributed by atoms with Crippen LogP contribution in [-0.2, 0) is 42.1 Å². The number of carbonyl (C=O) groups excluding carboxylic acids is 2. The molecule has 34 heavy (non-hydrogen) atoms. The summed E-state index contributed by atoms with van der Waals surface area (Å²) in [5, 5.41) is 3.11. The van der Waals surface area contributed by atoms with E-state index in [1.165, 1.54) is 0 Å². The van der Waals surface area contributed by atoms with Crippen LogP contribution < -0.4 is 5.32 Å². The standard InChI is InChI=1S/C25H25N3O6/c1-16-21(24(29)31-14-18-8-3-5-11-26-18)23(20-10-7-13-33-34-20)22(17(2)28-16)25(30)32-15-19-9-4-6-12-27-19/h3-6,8-12,23,28H,7,13-15H2,1-2H3. The molecule has 0 aromatic carbocycles. The molecule has 0 saturated heterocycles. The number of aromatic nitrogens is 2. The van der Waals surface area contributed by atoms with Gasteiger partial charge in [0.2, 0.25) is 0 Å². The van der Waals surface area contributed by atoms with Crippen LogP contribution in [0.25, 0.3) is 0 Å². The number of nitrogens with zero attached hydrogens (tertiary/aromatic N) is 2. The van der Waals surface area contributed by atoms with Crippen LogP contribution in [0.5, 0.6) is 0 Å². The molecule has 1 N–H and O–H groups in total. The molecule has 0 atom stereocenters. The van der Waals surface area contributed by atoms with Gasteiger partial charge in [0, 0.05) is 23.8 Å². The maximum absolute atomic E-state index is 13.2. The van der Waals surface area contributed by atoms with Crippen molar-refractivity contribution < 1.29 is 28.8 Å². The number of hydrogen-bond donors (Lipinski definition) is 1. The highest BCUT2D eigenvalue weighted by molar-refractivity contribution is 5.98. The second-order valence-corrected chi connectivity index (χ2v) is 7.73. The third-order valence-corrected chi connectivity index (χ3v) is 5.34. The molecule has 0 amide bonds. The number of rotatable bonds is 7. The van der Waals surface area contributed by atoms with E-state index in [-0.39, 0.29) is 24.4 Å². The van der Waals surface area contributed by atoms with Crippen LogP contribution in [0.3, 0.4) is 0 Å². The Morgan fingerprint density at radius 1 is 0.941 bits per heavy atom. The monoisotopic (exact) mass is 463 g/mol. The predicted molar refractivity (Wildman–Crippen MR) is 120 cm³/mol. The van der Waals surface area contributed by atoms with Gasteiger partial charge < -0.3 is 19.7 Å².